The van der Waals surface area contributed by atoms with Gasteiger partial charge in [0.25, 0.3) is 0 Å². The van der Waals surface area contributed by atoms with Gasteiger partial charge < -0.3 is 10.2 Å². The fourth-order valence-corrected chi connectivity index (χ4v) is 2.06. The first-order chi connectivity index (χ1) is 9.56. The molecule has 1 saturated heterocycles. The molecule has 1 heterocycles. The highest BCUT2D eigenvalue weighted by atomic mass is 19.2. The van der Waals surface area contributed by atoms with Crippen LogP contribution in [-0.4, -0.2) is 29.9 Å². The highest BCUT2D eigenvalue weighted by Gasteiger charge is 2.14. The Morgan fingerprint density at radius 1 is 1.05 bits per heavy atom. The molecule has 4 N–H and O–H groups in total. The summed E-state index contributed by atoms with van der Waals surface area (Å²) >= 11 is 0. The van der Waals surface area contributed by atoms with Crippen molar-refractivity contribution in [2.45, 2.75) is 19.3 Å². The molecule has 0 saturated carbocycles. The highest BCUT2D eigenvalue weighted by molar-refractivity contribution is 6.02. The maximum Gasteiger partial charge on any atom is 0.199 e. The van der Waals surface area contributed by atoms with E-state index in [2.05, 4.69) is 10.6 Å². The fourth-order valence-electron chi connectivity index (χ4n) is 2.06. The Kier molecular flexibility index (Phi) is 4.49. The lowest BCUT2D eigenvalue weighted by Gasteiger charge is -2.29. The van der Waals surface area contributed by atoms with Gasteiger partial charge >= 0.3 is 0 Å². The van der Waals surface area contributed by atoms with E-state index in [1.54, 1.807) is 0 Å². The van der Waals surface area contributed by atoms with E-state index in [0.29, 0.717) is 0 Å². The molecule has 1 aliphatic rings. The number of likely N-dealkylation sites (tertiary alicyclic amines) is 1. The van der Waals surface area contributed by atoms with Gasteiger partial charge in [-0.25, -0.2) is 8.78 Å². The molecule has 20 heavy (non-hydrogen) atoms. The van der Waals surface area contributed by atoms with Gasteiger partial charge in [-0.15, -0.1) is 0 Å². The molecule has 0 radical (unpaired) electrons. The predicted molar refractivity (Wildman–Crippen MR) is 74.0 cm³/mol. The van der Waals surface area contributed by atoms with Crippen LogP contribution in [0.25, 0.3) is 0 Å². The van der Waals surface area contributed by atoms with Crippen LogP contribution >= 0.6 is 0 Å². The van der Waals surface area contributed by atoms with Gasteiger partial charge in [0.05, 0.1) is 0 Å². The lowest BCUT2D eigenvalue weighted by Crippen LogP contribution is -2.47. The molecule has 0 unspecified atom stereocenters. The first-order valence-electron chi connectivity index (χ1n) is 6.47. The second kappa shape index (κ2) is 6.31. The molecule has 1 aromatic rings. The maximum absolute atomic E-state index is 13.0. The molecule has 0 amide bonds. The van der Waals surface area contributed by atoms with Crippen molar-refractivity contribution in [1.82, 2.24) is 10.2 Å². The standard InChI is InChI=1S/C13H17F2N5/c14-10-5-4-9(8-11(10)15)18-12(16)19-13(17)20-6-2-1-3-7-20/h4-5,8H,1-3,6-7H2,(H4,16,17,18,19). The number of hydrogen-bond donors (Lipinski definition) is 4. The second-order valence-electron chi connectivity index (χ2n) is 4.65. The lowest BCUT2D eigenvalue weighted by atomic mass is 10.1. The first-order valence-corrected chi connectivity index (χ1v) is 6.47. The molecule has 1 aromatic carbocycles. The topological polar surface area (TPSA) is 75.0 Å². The minimum absolute atomic E-state index is 0.143. The van der Waals surface area contributed by atoms with Crippen LogP contribution < -0.4 is 10.6 Å². The number of rotatable bonds is 1. The number of piperidine rings is 1. The third kappa shape index (κ3) is 3.66. The van der Waals surface area contributed by atoms with Gasteiger partial charge in [-0.1, -0.05) is 0 Å². The third-order valence-electron chi connectivity index (χ3n) is 3.10. The summed E-state index contributed by atoms with van der Waals surface area (Å²) in [6.07, 6.45) is 3.23. The van der Waals surface area contributed by atoms with E-state index >= 15 is 0 Å². The van der Waals surface area contributed by atoms with Crippen molar-refractivity contribution in [3.05, 3.63) is 29.8 Å². The van der Waals surface area contributed by atoms with Crippen molar-refractivity contribution < 1.29 is 8.78 Å². The monoisotopic (exact) mass is 281 g/mol. The normalized spacial score (nSPS) is 14.8. The number of nitrogens with zero attached hydrogens (tertiary/aromatic N) is 1. The molecule has 1 aliphatic heterocycles. The van der Waals surface area contributed by atoms with Crippen LogP contribution in [0.15, 0.2) is 18.2 Å². The van der Waals surface area contributed by atoms with Gasteiger partial charge in [-0.2, -0.15) is 0 Å². The first kappa shape index (κ1) is 14.2. The van der Waals surface area contributed by atoms with Crippen molar-refractivity contribution in [2.24, 2.45) is 0 Å². The summed E-state index contributed by atoms with van der Waals surface area (Å²) in [4.78, 5) is 1.85. The summed E-state index contributed by atoms with van der Waals surface area (Å²) in [5.74, 6) is -1.92. The van der Waals surface area contributed by atoms with Crippen LogP contribution in [0.3, 0.4) is 0 Å². The number of guanidine groups is 2. The van der Waals surface area contributed by atoms with Crippen molar-refractivity contribution in [1.29, 1.82) is 10.8 Å². The van der Waals surface area contributed by atoms with Crippen molar-refractivity contribution in [3.63, 3.8) is 0 Å². The van der Waals surface area contributed by atoms with E-state index in [4.69, 9.17) is 10.8 Å². The molecular weight excluding hydrogens is 264 g/mol. The van der Waals surface area contributed by atoms with E-state index in [0.717, 1.165) is 44.5 Å². The Hall–Kier alpha value is -2.18. The summed E-state index contributed by atoms with van der Waals surface area (Å²) < 4.78 is 25.8. The van der Waals surface area contributed by atoms with Crippen LogP contribution in [0.1, 0.15) is 19.3 Å². The van der Waals surface area contributed by atoms with Crippen molar-refractivity contribution >= 4 is 17.6 Å². The zero-order valence-corrected chi connectivity index (χ0v) is 11.0. The quantitative estimate of drug-likeness (QED) is 0.471. The van der Waals surface area contributed by atoms with Crippen molar-refractivity contribution in [2.75, 3.05) is 18.4 Å². The summed E-state index contributed by atoms with van der Waals surface area (Å²) in [6.45, 7) is 1.59. The molecular formula is C13H17F2N5. The Morgan fingerprint density at radius 2 is 1.75 bits per heavy atom. The smallest absolute Gasteiger partial charge is 0.199 e. The Labute approximate surface area is 116 Å². The van der Waals surface area contributed by atoms with Crippen LogP contribution in [0.5, 0.6) is 0 Å². The van der Waals surface area contributed by atoms with E-state index in [1.165, 1.54) is 6.07 Å². The zero-order valence-electron chi connectivity index (χ0n) is 11.0. The molecule has 0 spiro atoms. The average molecular weight is 281 g/mol. The van der Waals surface area contributed by atoms with Crippen LogP contribution in [0, 0.1) is 22.5 Å². The van der Waals surface area contributed by atoms with Crippen LogP contribution in [0.4, 0.5) is 14.5 Å². The van der Waals surface area contributed by atoms with Gasteiger partial charge in [0, 0.05) is 24.8 Å². The SMILES string of the molecule is N=C(NC(=N)N1CCCCC1)Nc1ccc(F)c(F)c1. The Balaban J connectivity index is 1.88. The number of benzene rings is 1. The average Bonchev–Trinajstić information content (AvgIpc) is 2.44. The van der Waals surface area contributed by atoms with E-state index in [9.17, 15) is 8.78 Å². The van der Waals surface area contributed by atoms with Crippen molar-refractivity contribution in [3.8, 4) is 0 Å². The number of anilines is 1. The minimum atomic E-state index is -0.978. The molecule has 2 rings (SSSR count). The number of halogens is 2. The second-order valence-corrected chi connectivity index (χ2v) is 4.65. The summed E-state index contributed by atoms with van der Waals surface area (Å²) in [5, 5.41) is 20.7. The van der Waals surface area contributed by atoms with Gasteiger partial charge in [0.1, 0.15) is 0 Å². The molecule has 7 heteroatoms. The van der Waals surface area contributed by atoms with Crippen LogP contribution in [0.2, 0.25) is 0 Å². The Morgan fingerprint density at radius 3 is 2.40 bits per heavy atom. The van der Waals surface area contributed by atoms with Crippen LogP contribution in [-0.2, 0) is 0 Å². The third-order valence-corrected chi connectivity index (χ3v) is 3.10. The van der Waals surface area contributed by atoms with E-state index < -0.39 is 11.6 Å². The fraction of sp³-hybridized carbons (Fsp3) is 0.385. The van der Waals surface area contributed by atoms with E-state index in [1.807, 2.05) is 4.90 Å². The molecule has 1 fully saturated rings. The molecule has 0 atom stereocenters. The van der Waals surface area contributed by atoms with E-state index in [-0.39, 0.29) is 17.6 Å². The molecule has 0 aliphatic carbocycles. The lowest BCUT2D eigenvalue weighted by molar-refractivity contribution is 0.334. The number of nitrogens with one attached hydrogen (secondary N) is 4. The molecule has 108 valence electrons. The van der Waals surface area contributed by atoms with Gasteiger partial charge in [-0.05, 0) is 31.4 Å². The largest absolute Gasteiger partial charge is 0.343 e. The Bertz CT molecular complexity index is 511. The highest BCUT2D eigenvalue weighted by Crippen LogP contribution is 2.13. The molecule has 0 aromatic heterocycles. The minimum Gasteiger partial charge on any atom is -0.343 e. The zero-order chi connectivity index (χ0) is 14.5. The maximum atomic E-state index is 13.0. The molecule has 5 nitrogen and oxygen atoms in total. The summed E-state index contributed by atoms with van der Waals surface area (Å²) in [7, 11) is 0. The summed E-state index contributed by atoms with van der Waals surface area (Å²) in [6, 6.07) is 3.29. The predicted octanol–water partition coefficient (Wildman–Crippen LogP) is 2.32. The summed E-state index contributed by atoms with van der Waals surface area (Å²) in [5.41, 5.74) is 0.257. The molecule has 0 bridgehead atoms. The van der Waals surface area contributed by atoms with Gasteiger partial charge in [0.15, 0.2) is 23.6 Å². The van der Waals surface area contributed by atoms with Gasteiger partial charge in [-0.3, -0.25) is 16.1 Å². The number of hydrogen-bond acceptors (Lipinski definition) is 2. The van der Waals surface area contributed by atoms with Gasteiger partial charge in [0.2, 0.25) is 0 Å².